The number of hydrogen-bond acceptors (Lipinski definition) is 3. The van der Waals surface area contributed by atoms with Gasteiger partial charge in [-0.15, -0.1) is 0 Å². The average Bonchev–Trinajstić information content (AvgIpc) is 2.40. The van der Waals surface area contributed by atoms with E-state index in [-0.39, 0.29) is 0 Å². The van der Waals surface area contributed by atoms with Crippen molar-refractivity contribution < 1.29 is 4.74 Å². The van der Waals surface area contributed by atoms with Gasteiger partial charge in [0.05, 0.1) is 12.8 Å². The van der Waals surface area contributed by atoms with E-state index in [1.54, 1.807) is 7.11 Å². The monoisotopic (exact) mass is 234 g/mol. The lowest BCUT2D eigenvalue weighted by molar-refractivity contribution is 0.225. The Bertz CT molecular complexity index is 348. The van der Waals surface area contributed by atoms with Crippen molar-refractivity contribution >= 4 is 5.69 Å². The molecule has 0 amide bonds. The van der Waals surface area contributed by atoms with Crippen LogP contribution in [-0.4, -0.2) is 25.2 Å². The quantitative estimate of drug-likeness (QED) is 0.809. The Morgan fingerprint density at radius 2 is 1.88 bits per heavy atom. The molecule has 0 aromatic heterocycles. The topological polar surface area (TPSA) is 24.5 Å². The molecule has 0 aliphatic heterocycles. The molecule has 0 spiro atoms. The SMILES string of the molecule is COc1ccccc1NN(C)C1CCCCC1. The van der Waals surface area contributed by atoms with Gasteiger partial charge in [0.15, 0.2) is 0 Å². The zero-order valence-electron chi connectivity index (χ0n) is 10.8. The van der Waals surface area contributed by atoms with Crippen molar-refractivity contribution in [2.24, 2.45) is 0 Å². The van der Waals surface area contributed by atoms with Crippen LogP contribution in [0.5, 0.6) is 5.75 Å². The van der Waals surface area contributed by atoms with Crippen molar-refractivity contribution in [1.82, 2.24) is 5.01 Å². The summed E-state index contributed by atoms with van der Waals surface area (Å²) in [5, 5.41) is 2.23. The standard InChI is InChI=1S/C14H22N2O/c1-16(12-8-4-3-5-9-12)15-13-10-6-7-11-14(13)17-2/h6-7,10-12,15H,3-5,8-9H2,1-2H3. The van der Waals surface area contributed by atoms with E-state index in [2.05, 4.69) is 23.5 Å². The lowest BCUT2D eigenvalue weighted by atomic mass is 9.95. The molecule has 0 saturated heterocycles. The molecule has 1 saturated carbocycles. The molecule has 1 aliphatic carbocycles. The van der Waals surface area contributed by atoms with Crippen molar-refractivity contribution in [3.05, 3.63) is 24.3 Å². The van der Waals surface area contributed by atoms with Crippen LogP contribution in [0.1, 0.15) is 32.1 Å². The van der Waals surface area contributed by atoms with E-state index in [1.165, 1.54) is 32.1 Å². The van der Waals surface area contributed by atoms with Gasteiger partial charge in [-0.3, -0.25) is 0 Å². The number of ether oxygens (including phenoxy) is 1. The number of nitrogens with zero attached hydrogens (tertiary/aromatic N) is 1. The highest BCUT2D eigenvalue weighted by Crippen LogP contribution is 2.26. The molecule has 0 atom stereocenters. The number of para-hydroxylation sites is 2. The third-order valence-corrected chi connectivity index (χ3v) is 3.53. The van der Waals surface area contributed by atoms with E-state index < -0.39 is 0 Å². The minimum Gasteiger partial charge on any atom is -0.495 e. The molecule has 17 heavy (non-hydrogen) atoms. The summed E-state index contributed by atoms with van der Waals surface area (Å²) in [5.74, 6) is 0.898. The second kappa shape index (κ2) is 5.92. The molecule has 3 heteroatoms. The number of hydrogen-bond donors (Lipinski definition) is 1. The summed E-state index contributed by atoms with van der Waals surface area (Å²) in [4.78, 5) is 0. The maximum Gasteiger partial charge on any atom is 0.143 e. The van der Waals surface area contributed by atoms with Crippen LogP contribution in [-0.2, 0) is 0 Å². The third-order valence-electron chi connectivity index (χ3n) is 3.53. The smallest absolute Gasteiger partial charge is 0.143 e. The molecule has 0 heterocycles. The molecule has 94 valence electrons. The molecule has 1 N–H and O–H groups in total. The summed E-state index contributed by atoms with van der Waals surface area (Å²) in [6.45, 7) is 0. The molecule has 0 unspecified atom stereocenters. The number of anilines is 1. The van der Waals surface area contributed by atoms with Crippen molar-refractivity contribution in [2.45, 2.75) is 38.1 Å². The molecule has 0 radical (unpaired) electrons. The Kier molecular flexibility index (Phi) is 4.26. The number of benzene rings is 1. The average molecular weight is 234 g/mol. The van der Waals surface area contributed by atoms with Crippen LogP contribution < -0.4 is 10.2 Å². The third kappa shape index (κ3) is 3.13. The van der Waals surface area contributed by atoms with Gasteiger partial charge in [-0.1, -0.05) is 31.4 Å². The van der Waals surface area contributed by atoms with Gasteiger partial charge in [0.1, 0.15) is 5.75 Å². The highest BCUT2D eigenvalue weighted by Gasteiger charge is 2.18. The van der Waals surface area contributed by atoms with Crippen LogP contribution in [0.25, 0.3) is 0 Å². The van der Waals surface area contributed by atoms with Crippen molar-refractivity contribution in [1.29, 1.82) is 0 Å². The van der Waals surface area contributed by atoms with E-state index in [4.69, 9.17) is 4.74 Å². The number of methoxy groups -OCH3 is 1. The van der Waals surface area contributed by atoms with Gasteiger partial charge in [-0.05, 0) is 25.0 Å². The minimum atomic E-state index is 0.647. The van der Waals surface area contributed by atoms with Crippen molar-refractivity contribution in [3.8, 4) is 5.75 Å². The van der Waals surface area contributed by atoms with E-state index >= 15 is 0 Å². The predicted molar refractivity (Wildman–Crippen MR) is 71.3 cm³/mol. The second-order valence-electron chi connectivity index (χ2n) is 4.71. The van der Waals surface area contributed by atoms with Gasteiger partial charge in [-0.25, -0.2) is 5.01 Å². The largest absolute Gasteiger partial charge is 0.495 e. The molecule has 1 aromatic carbocycles. The molecular weight excluding hydrogens is 212 g/mol. The summed E-state index contributed by atoms with van der Waals surface area (Å²) in [7, 11) is 3.84. The summed E-state index contributed by atoms with van der Waals surface area (Å²) in [6, 6.07) is 8.70. The second-order valence-corrected chi connectivity index (χ2v) is 4.71. The first-order valence-corrected chi connectivity index (χ1v) is 6.44. The van der Waals surface area contributed by atoms with Gasteiger partial charge < -0.3 is 10.2 Å². The van der Waals surface area contributed by atoms with Crippen LogP contribution >= 0.6 is 0 Å². The van der Waals surface area contributed by atoms with E-state index in [1.807, 2.05) is 18.2 Å². The van der Waals surface area contributed by atoms with Gasteiger partial charge in [0, 0.05) is 13.1 Å². The Hall–Kier alpha value is -1.22. The molecule has 2 rings (SSSR count). The lowest BCUT2D eigenvalue weighted by Gasteiger charge is -2.32. The van der Waals surface area contributed by atoms with Crippen LogP contribution in [0.4, 0.5) is 5.69 Å². The highest BCUT2D eigenvalue weighted by atomic mass is 16.5. The van der Waals surface area contributed by atoms with E-state index in [0.29, 0.717) is 6.04 Å². The molecular formula is C14H22N2O. The molecule has 3 nitrogen and oxygen atoms in total. The Morgan fingerprint density at radius 3 is 2.59 bits per heavy atom. The summed E-state index contributed by atoms with van der Waals surface area (Å²) in [5.41, 5.74) is 4.48. The fourth-order valence-corrected chi connectivity index (χ4v) is 2.49. The lowest BCUT2D eigenvalue weighted by Crippen LogP contribution is -2.37. The predicted octanol–water partition coefficient (Wildman–Crippen LogP) is 3.29. The van der Waals surface area contributed by atoms with Crippen molar-refractivity contribution in [3.63, 3.8) is 0 Å². The Balaban J connectivity index is 1.99. The fourth-order valence-electron chi connectivity index (χ4n) is 2.49. The van der Waals surface area contributed by atoms with Crippen LogP contribution in [0.15, 0.2) is 24.3 Å². The van der Waals surface area contributed by atoms with Gasteiger partial charge in [0.25, 0.3) is 0 Å². The Morgan fingerprint density at radius 1 is 1.18 bits per heavy atom. The van der Waals surface area contributed by atoms with E-state index in [0.717, 1.165) is 11.4 Å². The zero-order valence-corrected chi connectivity index (χ0v) is 10.8. The van der Waals surface area contributed by atoms with Crippen molar-refractivity contribution in [2.75, 3.05) is 19.6 Å². The maximum absolute atomic E-state index is 5.34. The zero-order chi connectivity index (χ0) is 12.1. The molecule has 1 fully saturated rings. The first kappa shape index (κ1) is 12.2. The molecule has 1 aromatic rings. The maximum atomic E-state index is 5.34. The van der Waals surface area contributed by atoms with Gasteiger partial charge in [-0.2, -0.15) is 0 Å². The van der Waals surface area contributed by atoms with Crippen LogP contribution in [0.3, 0.4) is 0 Å². The summed E-state index contributed by atoms with van der Waals surface area (Å²) >= 11 is 0. The summed E-state index contributed by atoms with van der Waals surface area (Å²) in [6.07, 6.45) is 6.67. The van der Waals surface area contributed by atoms with Gasteiger partial charge >= 0.3 is 0 Å². The van der Waals surface area contributed by atoms with Crippen LogP contribution in [0.2, 0.25) is 0 Å². The number of hydrazine groups is 1. The van der Waals surface area contributed by atoms with Gasteiger partial charge in [0.2, 0.25) is 0 Å². The molecule has 0 bridgehead atoms. The summed E-state index contributed by atoms with van der Waals surface area (Å²) < 4.78 is 5.34. The fraction of sp³-hybridized carbons (Fsp3) is 0.571. The number of rotatable bonds is 4. The number of nitrogens with one attached hydrogen (secondary N) is 1. The van der Waals surface area contributed by atoms with Crippen LogP contribution in [0, 0.1) is 0 Å². The van der Waals surface area contributed by atoms with E-state index in [9.17, 15) is 0 Å². The normalized spacial score (nSPS) is 17.1. The first-order valence-electron chi connectivity index (χ1n) is 6.44. The highest BCUT2D eigenvalue weighted by molar-refractivity contribution is 5.55. The molecule has 1 aliphatic rings. The Labute approximate surface area is 104 Å². The minimum absolute atomic E-state index is 0.647. The first-order chi connectivity index (χ1) is 8.31.